The van der Waals surface area contributed by atoms with E-state index in [1.807, 2.05) is 36.0 Å². The summed E-state index contributed by atoms with van der Waals surface area (Å²) in [6.07, 6.45) is 0. The molecule has 2 heterocycles. The lowest BCUT2D eigenvalue weighted by atomic mass is 10.1. The van der Waals surface area contributed by atoms with Gasteiger partial charge in [-0.25, -0.2) is 0 Å². The van der Waals surface area contributed by atoms with Gasteiger partial charge in [0, 0.05) is 34.7 Å². The Balaban J connectivity index is 1.44. The highest BCUT2D eigenvalue weighted by Gasteiger charge is 2.23. The van der Waals surface area contributed by atoms with E-state index < -0.39 is 0 Å². The average molecular weight is 372 g/mol. The molecule has 1 atom stereocenters. The van der Waals surface area contributed by atoms with Crippen LogP contribution in [0.15, 0.2) is 59.1 Å². The molecule has 25 heavy (non-hydrogen) atoms. The zero-order valence-electron chi connectivity index (χ0n) is 13.6. The van der Waals surface area contributed by atoms with Crippen LogP contribution in [-0.4, -0.2) is 33.9 Å². The molecule has 0 radical (unpaired) electrons. The molecule has 3 aromatic rings. The van der Waals surface area contributed by atoms with Crippen molar-refractivity contribution in [3.63, 3.8) is 0 Å². The lowest BCUT2D eigenvalue weighted by Gasteiger charge is -2.31. The molecule has 0 N–H and O–H groups in total. The first-order valence-corrected chi connectivity index (χ1v) is 9.68. The fourth-order valence-electron chi connectivity index (χ4n) is 2.97. The molecule has 4 rings (SSSR count). The molecule has 0 spiro atoms. The van der Waals surface area contributed by atoms with Gasteiger partial charge in [0.1, 0.15) is 0 Å². The number of nitrogens with zero attached hydrogens (tertiary/aromatic N) is 3. The van der Waals surface area contributed by atoms with Crippen LogP contribution in [-0.2, 0) is 6.54 Å². The van der Waals surface area contributed by atoms with Gasteiger partial charge in [0.15, 0.2) is 0 Å². The molecule has 1 aromatic heterocycles. The molecule has 6 heteroatoms. The van der Waals surface area contributed by atoms with Crippen LogP contribution in [0.3, 0.4) is 0 Å². The Labute approximate surface area is 156 Å². The van der Waals surface area contributed by atoms with Crippen molar-refractivity contribution in [2.45, 2.75) is 11.8 Å². The fraction of sp³-hybridized carbons (Fsp3) is 0.263. The Bertz CT molecular complexity index is 839. The first-order valence-electron chi connectivity index (χ1n) is 8.25. The number of benzene rings is 2. The highest BCUT2D eigenvalue weighted by atomic mass is 35.5. The third-order valence-corrected chi connectivity index (χ3v) is 5.71. The van der Waals surface area contributed by atoms with E-state index >= 15 is 0 Å². The van der Waals surface area contributed by atoms with Gasteiger partial charge in [-0.3, -0.25) is 4.90 Å². The SMILES string of the molecule is Clc1cccc(-c2noc(CN3CCSC(c4ccccc4)C3)n2)c1. The highest BCUT2D eigenvalue weighted by molar-refractivity contribution is 7.99. The molecule has 1 unspecified atom stereocenters. The molecule has 128 valence electrons. The highest BCUT2D eigenvalue weighted by Crippen LogP contribution is 2.33. The predicted molar refractivity (Wildman–Crippen MR) is 102 cm³/mol. The standard InChI is InChI=1S/C19H18ClN3OS/c20-16-8-4-7-15(11-16)19-21-18(24-22-19)13-23-9-10-25-17(12-23)14-5-2-1-3-6-14/h1-8,11,17H,9-10,12-13H2. The van der Waals surface area contributed by atoms with Crippen LogP contribution in [0.4, 0.5) is 0 Å². The van der Waals surface area contributed by atoms with Crippen LogP contribution in [0.2, 0.25) is 5.02 Å². The van der Waals surface area contributed by atoms with E-state index in [1.54, 1.807) is 0 Å². The maximum Gasteiger partial charge on any atom is 0.241 e. The van der Waals surface area contributed by atoms with E-state index in [9.17, 15) is 0 Å². The summed E-state index contributed by atoms with van der Waals surface area (Å²) in [4.78, 5) is 6.91. The van der Waals surface area contributed by atoms with Crippen molar-refractivity contribution in [2.75, 3.05) is 18.8 Å². The monoisotopic (exact) mass is 371 g/mol. The van der Waals surface area contributed by atoms with Crippen LogP contribution in [0.1, 0.15) is 16.7 Å². The van der Waals surface area contributed by atoms with Crippen LogP contribution < -0.4 is 0 Å². The Morgan fingerprint density at radius 2 is 2.04 bits per heavy atom. The van der Waals surface area contributed by atoms with Gasteiger partial charge >= 0.3 is 0 Å². The summed E-state index contributed by atoms with van der Waals surface area (Å²) in [5.74, 6) is 2.34. The number of hydrogen-bond donors (Lipinski definition) is 0. The van der Waals surface area contributed by atoms with Crippen LogP contribution in [0.5, 0.6) is 0 Å². The minimum absolute atomic E-state index is 0.491. The summed E-state index contributed by atoms with van der Waals surface area (Å²) in [5.41, 5.74) is 2.25. The van der Waals surface area contributed by atoms with Gasteiger partial charge in [-0.2, -0.15) is 16.7 Å². The molecule has 0 bridgehead atoms. The quantitative estimate of drug-likeness (QED) is 0.666. The summed E-state index contributed by atoms with van der Waals surface area (Å²) >= 11 is 8.05. The fourth-order valence-corrected chi connectivity index (χ4v) is 4.47. The zero-order chi connectivity index (χ0) is 17.1. The second-order valence-corrected chi connectivity index (χ2v) is 7.77. The van der Waals surface area contributed by atoms with Gasteiger partial charge in [-0.1, -0.05) is 59.2 Å². The van der Waals surface area contributed by atoms with Gasteiger partial charge in [0.25, 0.3) is 0 Å². The van der Waals surface area contributed by atoms with E-state index in [1.165, 1.54) is 5.56 Å². The van der Waals surface area contributed by atoms with E-state index in [0.717, 1.165) is 24.4 Å². The molecule has 1 aliphatic heterocycles. The van der Waals surface area contributed by atoms with Gasteiger partial charge in [0.2, 0.25) is 11.7 Å². The van der Waals surface area contributed by atoms with E-state index in [-0.39, 0.29) is 0 Å². The molecule has 2 aromatic carbocycles. The van der Waals surface area contributed by atoms with Crippen LogP contribution in [0, 0.1) is 0 Å². The van der Waals surface area contributed by atoms with Gasteiger partial charge in [-0.15, -0.1) is 0 Å². The summed E-state index contributed by atoms with van der Waals surface area (Å²) in [7, 11) is 0. The number of aromatic nitrogens is 2. The van der Waals surface area contributed by atoms with E-state index in [2.05, 4.69) is 45.4 Å². The molecule has 0 amide bonds. The van der Waals surface area contributed by atoms with Crippen molar-refractivity contribution in [2.24, 2.45) is 0 Å². The summed E-state index contributed by atoms with van der Waals surface area (Å²) in [5, 5.41) is 5.25. The first-order chi connectivity index (χ1) is 12.3. The first kappa shape index (κ1) is 16.6. The molecule has 0 aliphatic carbocycles. The minimum Gasteiger partial charge on any atom is -0.338 e. The molecule has 1 aliphatic rings. The molecule has 1 saturated heterocycles. The topological polar surface area (TPSA) is 42.2 Å². The van der Waals surface area contributed by atoms with Crippen LogP contribution >= 0.6 is 23.4 Å². The van der Waals surface area contributed by atoms with Crippen molar-refractivity contribution in [3.8, 4) is 11.4 Å². The third kappa shape index (κ3) is 4.06. The predicted octanol–water partition coefficient (Wildman–Crippen LogP) is 4.68. The minimum atomic E-state index is 0.491. The van der Waals surface area contributed by atoms with E-state index in [4.69, 9.17) is 16.1 Å². The summed E-state index contributed by atoms with van der Waals surface area (Å²) < 4.78 is 5.45. The normalized spacial score (nSPS) is 18.4. The second-order valence-electron chi connectivity index (χ2n) is 6.03. The van der Waals surface area contributed by atoms with Crippen molar-refractivity contribution >= 4 is 23.4 Å². The Hall–Kier alpha value is -1.82. The third-order valence-electron chi connectivity index (χ3n) is 4.23. The number of rotatable bonds is 4. The number of hydrogen-bond acceptors (Lipinski definition) is 5. The van der Waals surface area contributed by atoms with Crippen molar-refractivity contribution < 1.29 is 4.52 Å². The Kier molecular flexibility index (Phi) is 5.06. The maximum absolute atomic E-state index is 6.03. The number of thioether (sulfide) groups is 1. The second kappa shape index (κ2) is 7.60. The molecule has 4 nitrogen and oxygen atoms in total. The Morgan fingerprint density at radius 3 is 2.88 bits per heavy atom. The van der Waals surface area contributed by atoms with Crippen molar-refractivity contribution in [1.82, 2.24) is 15.0 Å². The lowest BCUT2D eigenvalue weighted by molar-refractivity contribution is 0.233. The summed E-state index contributed by atoms with van der Waals surface area (Å²) in [6, 6.07) is 18.2. The molecule has 0 saturated carbocycles. The van der Waals surface area contributed by atoms with Crippen LogP contribution in [0.25, 0.3) is 11.4 Å². The maximum atomic E-state index is 6.03. The van der Waals surface area contributed by atoms with Crippen molar-refractivity contribution in [3.05, 3.63) is 71.1 Å². The number of halogens is 1. The molecule has 1 fully saturated rings. The zero-order valence-corrected chi connectivity index (χ0v) is 15.2. The van der Waals surface area contributed by atoms with Gasteiger partial charge in [0.05, 0.1) is 6.54 Å². The molecular formula is C19H18ClN3OS. The summed E-state index contributed by atoms with van der Waals surface area (Å²) in [6.45, 7) is 2.70. The van der Waals surface area contributed by atoms with Gasteiger partial charge < -0.3 is 4.52 Å². The average Bonchev–Trinajstić information content (AvgIpc) is 3.11. The lowest BCUT2D eigenvalue weighted by Crippen LogP contribution is -2.33. The van der Waals surface area contributed by atoms with Gasteiger partial charge in [-0.05, 0) is 17.7 Å². The van der Waals surface area contributed by atoms with E-state index in [0.29, 0.717) is 28.5 Å². The largest absolute Gasteiger partial charge is 0.338 e. The molecular weight excluding hydrogens is 354 g/mol. The Morgan fingerprint density at radius 1 is 1.16 bits per heavy atom. The van der Waals surface area contributed by atoms with Crippen molar-refractivity contribution in [1.29, 1.82) is 0 Å². The smallest absolute Gasteiger partial charge is 0.241 e.